The maximum atomic E-state index is 13.2. The third-order valence-corrected chi connectivity index (χ3v) is 8.38. The maximum absolute atomic E-state index is 13.2. The molecule has 37 heavy (non-hydrogen) atoms. The number of esters is 2. The first-order chi connectivity index (χ1) is 17.9. The second-order valence-electron chi connectivity index (χ2n) is 10.7. The highest BCUT2D eigenvalue weighted by Crippen LogP contribution is 2.44. The molecule has 0 saturated carbocycles. The summed E-state index contributed by atoms with van der Waals surface area (Å²) in [6, 6.07) is 29.8. The number of fused-ring (bicyclic) bond motifs is 2. The first-order valence-electron chi connectivity index (χ1n) is 13.3. The summed E-state index contributed by atoms with van der Waals surface area (Å²) in [5, 5.41) is 0. The van der Waals surface area contributed by atoms with Crippen molar-refractivity contribution in [3.63, 3.8) is 0 Å². The van der Waals surface area contributed by atoms with Crippen LogP contribution in [-0.2, 0) is 25.6 Å². The van der Waals surface area contributed by atoms with E-state index in [1.54, 1.807) is 0 Å². The number of benzene rings is 3. The molecule has 2 aliphatic rings. The number of quaternary nitrogens is 1. The lowest BCUT2D eigenvalue weighted by molar-refractivity contribution is -0.961. The molecule has 3 unspecified atom stereocenters. The normalized spacial score (nSPS) is 25.3. The van der Waals surface area contributed by atoms with E-state index in [1.165, 1.54) is 23.6 Å². The Labute approximate surface area is 219 Å². The molecule has 5 rings (SSSR count). The first kappa shape index (κ1) is 25.2. The number of hydrogen-bond donors (Lipinski definition) is 0. The third kappa shape index (κ3) is 5.62. The Balaban J connectivity index is 1.24. The van der Waals surface area contributed by atoms with Gasteiger partial charge in [-0.15, -0.1) is 0 Å². The molecule has 0 N–H and O–H groups in total. The van der Waals surface area contributed by atoms with Crippen molar-refractivity contribution in [2.24, 2.45) is 0 Å². The second-order valence-corrected chi connectivity index (χ2v) is 10.7. The molecule has 3 atom stereocenters. The monoisotopic (exact) mass is 498 g/mol. The summed E-state index contributed by atoms with van der Waals surface area (Å²) < 4.78 is 12.3. The molecule has 192 valence electrons. The van der Waals surface area contributed by atoms with E-state index in [9.17, 15) is 9.59 Å². The molecule has 2 bridgehead atoms. The SMILES string of the molecule is CC(=O)OCC(C(=O)OC1CC2CCC(C1)[N+]2(C)Cc1ccc(-c2ccccc2)cc1)c1ccccc1. The summed E-state index contributed by atoms with van der Waals surface area (Å²) in [5.41, 5.74) is 4.63. The molecule has 3 aromatic rings. The molecule has 2 aliphatic heterocycles. The fourth-order valence-corrected chi connectivity index (χ4v) is 6.31. The van der Waals surface area contributed by atoms with E-state index in [4.69, 9.17) is 9.47 Å². The van der Waals surface area contributed by atoms with Gasteiger partial charge in [0.25, 0.3) is 0 Å². The quantitative estimate of drug-likeness (QED) is 0.287. The fraction of sp³-hybridized carbons (Fsp3) is 0.375. The number of carbonyl (C=O) groups is 2. The predicted molar refractivity (Wildman–Crippen MR) is 144 cm³/mol. The van der Waals surface area contributed by atoms with Crippen LogP contribution >= 0.6 is 0 Å². The van der Waals surface area contributed by atoms with Crippen LogP contribution in [0.4, 0.5) is 0 Å². The van der Waals surface area contributed by atoms with E-state index in [0.717, 1.165) is 42.3 Å². The molecule has 2 saturated heterocycles. The smallest absolute Gasteiger partial charge is 0.317 e. The minimum Gasteiger partial charge on any atom is -0.465 e. The molecule has 0 aliphatic carbocycles. The van der Waals surface area contributed by atoms with Crippen molar-refractivity contribution in [1.29, 1.82) is 0 Å². The highest BCUT2D eigenvalue weighted by Gasteiger charge is 2.52. The number of piperidine rings is 1. The molecule has 0 spiro atoms. The molecular weight excluding hydrogens is 462 g/mol. The largest absolute Gasteiger partial charge is 0.465 e. The van der Waals surface area contributed by atoms with Gasteiger partial charge < -0.3 is 14.0 Å². The van der Waals surface area contributed by atoms with E-state index in [2.05, 4.69) is 55.6 Å². The van der Waals surface area contributed by atoms with Gasteiger partial charge in [-0.1, -0.05) is 84.9 Å². The maximum Gasteiger partial charge on any atom is 0.317 e. The highest BCUT2D eigenvalue weighted by atomic mass is 16.6. The van der Waals surface area contributed by atoms with E-state index < -0.39 is 11.9 Å². The van der Waals surface area contributed by atoms with Gasteiger partial charge in [0.05, 0.1) is 19.1 Å². The fourth-order valence-electron chi connectivity index (χ4n) is 6.31. The lowest BCUT2D eigenvalue weighted by atomic mass is 9.94. The van der Waals surface area contributed by atoms with Crippen molar-refractivity contribution in [3.05, 3.63) is 96.1 Å². The van der Waals surface area contributed by atoms with Crippen molar-refractivity contribution in [2.45, 2.75) is 63.3 Å². The topological polar surface area (TPSA) is 52.6 Å². The van der Waals surface area contributed by atoms with Gasteiger partial charge in [-0.05, 0) is 16.7 Å². The van der Waals surface area contributed by atoms with Crippen molar-refractivity contribution in [1.82, 2.24) is 0 Å². The Bertz CT molecular complexity index is 1190. The Hall–Kier alpha value is -3.44. The molecule has 5 heteroatoms. The summed E-state index contributed by atoms with van der Waals surface area (Å²) >= 11 is 0. The van der Waals surface area contributed by atoms with E-state index in [0.29, 0.717) is 12.1 Å². The van der Waals surface area contributed by atoms with Gasteiger partial charge in [0, 0.05) is 38.2 Å². The number of carbonyl (C=O) groups excluding carboxylic acids is 2. The standard InChI is InChI=1S/C32H36NO4/c1-23(34)36-22-31(27-11-7-4-8-12-27)32(35)37-30-19-28-17-18-29(20-30)33(28,2)21-24-13-15-26(16-14-24)25-9-5-3-6-10-25/h3-16,28-31H,17-22H2,1-2H3/q+1. The zero-order valence-corrected chi connectivity index (χ0v) is 21.7. The minimum atomic E-state index is -0.603. The average molecular weight is 499 g/mol. The number of nitrogens with zero attached hydrogens (tertiary/aromatic N) is 1. The summed E-state index contributed by atoms with van der Waals surface area (Å²) in [6.45, 7) is 2.36. The summed E-state index contributed by atoms with van der Waals surface area (Å²) in [4.78, 5) is 24.7. The predicted octanol–water partition coefficient (Wildman–Crippen LogP) is 5.88. The zero-order valence-electron chi connectivity index (χ0n) is 21.7. The number of rotatable bonds is 8. The van der Waals surface area contributed by atoms with Crippen LogP contribution in [0.25, 0.3) is 11.1 Å². The van der Waals surface area contributed by atoms with Crippen molar-refractivity contribution in [2.75, 3.05) is 13.7 Å². The lowest BCUT2D eigenvalue weighted by Crippen LogP contribution is -2.58. The van der Waals surface area contributed by atoms with Gasteiger partial charge in [0.2, 0.25) is 0 Å². The summed E-state index contributed by atoms with van der Waals surface area (Å²) in [7, 11) is 2.37. The van der Waals surface area contributed by atoms with Crippen molar-refractivity contribution < 1.29 is 23.5 Å². The molecule has 2 heterocycles. The average Bonchev–Trinajstić information content (AvgIpc) is 3.06. The molecule has 2 fully saturated rings. The van der Waals surface area contributed by atoms with Crippen LogP contribution in [0.5, 0.6) is 0 Å². The van der Waals surface area contributed by atoms with E-state index in [1.807, 2.05) is 36.4 Å². The lowest BCUT2D eigenvalue weighted by Gasteiger charge is -2.47. The minimum absolute atomic E-state index is 0.00448. The van der Waals surface area contributed by atoms with Crippen molar-refractivity contribution in [3.8, 4) is 11.1 Å². The van der Waals surface area contributed by atoms with Gasteiger partial charge in [0.1, 0.15) is 25.2 Å². The number of ether oxygens (including phenoxy) is 2. The number of hydrogen-bond acceptors (Lipinski definition) is 4. The Kier molecular flexibility index (Phi) is 7.43. The van der Waals surface area contributed by atoms with Gasteiger partial charge in [-0.25, -0.2) is 0 Å². The third-order valence-electron chi connectivity index (χ3n) is 8.38. The van der Waals surface area contributed by atoms with Crippen LogP contribution in [0, 0.1) is 0 Å². The van der Waals surface area contributed by atoms with E-state index in [-0.39, 0.29) is 18.7 Å². The Morgan fingerprint density at radius 1 is 0.838 bits per heavy atom. The molecule has 3 aromatic carbocycles. The molecule has 0 aromatic heterocycles. The molecule has 0 amide bonds. The van der Waals surface area contributed by atoms with Crippen LogP contribution in [0.3, 0.4) is 0 Å². The summed E-state index contributed by atoms with van der Waals surface area (Å²) in [5.74, 6) is -1.30. The Morgan fingerprint density at radius 3 is 2.00 bits per heavy atom. The summed E-state index contributed by atoms with van der Waals surface area (Å²) in [6.07, 6.45) is 3.96. The molecule has 5 nitrogen and oxygen atoms in total. The highest BCUT2D eigenvalue weighted by molar-refractivity contribution is 5.79. The van der Waals surface area contributed by atoms with Gasteiger partial charge in [-0.3, -0.25) is 9.59 Å². The van der Waals surface area contributed by atoms with Crippen LogP contribution in [0.1, 0.15) is 49.7 Å². The van der Waals surface area contributed by atoms with Crippen molar-refractivity contribution >= 4 is 11.9 Å². The first-order valence-corrected chi connectivity index (χ1v) is 13.3. The van der Waals surface area contributed by atoms with Crippen LogP contribution < -0.4 is 0 Å². The van der Waals surface area contributed by atoms with Crippen LogP contribution in [0.15, 0.2) is 84.9 Å². The van der Waals surface area contributed by atoms with E-state index >= 15 is 0 Å². The second kappa shape index (κ2) is 10.9. The van der Waals surface area contributed by atoms with Crippen LogP contribution in [-0.4, -0.2) is 48.3 Å². The molecular formula is C32H36NO4+. The van der Waals surface area contributed by atoms with Gasteiger partial charge >= 0.3 is 11.9 Å². The van der Waals surface area contributed by atoms with Crippen LogP contribution in [0.2, 0.25) is 0 Å². The van der Waals surface area contributed by atoms with Gasteiger partial charge in [0.15, 0.2) is 0 Å². The van der Waals surface area contributed by atoms with Gasteiger partial charge in [-0.2, -0.15) is 0 Å². The molecule has 0 radical (unpaired) electrons. The Morgan fingerprint density at radius 2 is 1.41 bits per heavy atom. The zero-order chi connectivity index (χ0) is 25.8.